The number of rotatable bonds is 14. The molecule has 0 amide bonds. The molecule has 4 rings (SSSR count). The van der Waals surface area contributed by atoms with Gasteiger partial charge in [0.25, 0.3) is 0 Å². The second kappa shape index (κ2) is 16.9. The first-order chi connectivity index (χ1) is 24.1. The van der Waals surface area contributed by atoms with Crippen LogP contribution in [0.1, 0.15) is 56.5 Å². The van der Waals surface area contributed by atoms with E-state index in [1.54, 1.807) is 13.8 Å². The van der Waals surface area contributed by atoms with Crippen LogP contribution >= 0.6 is 0 Å². The average Bonchev–Trinajstić information content (AvgIpc) is 3.10. The van der Waals surface area contributed by atoms with E-state index < -0.39 is 109 Å². The van der Waals surface area contributed by atoms with Gasteiger partial charge in [-0.15, -0.1) is 0 Å². The molecule has 2 aromatic rings. The van der Waals surface area contributed by atoms with Crippen LogP contribution in [0.15, 0.2) is 30.3 Å². The van der Waals surface area contributed by atoms with Gasteiger partial charge in [0.2, 0.25) is 6.29 Å². The maximum Gasteiger partial charge on any atom is 0.348 e. The van der Waals surface area contributed by atoms with E-state index in [9.17, 15) is 55.9 Å². The molecule has 12 unspecified atom stereocenters. The van der Waals surface area contributed by atoms with Gasteiger partial charge < -0.3 is 79.5 Å². The summed E-state index contributed by atoms with van der Waals surface area (Å²) in [7, 11) is 0. The maximum absolute atomic E-state index is 13.3. The molecule has 51 heavy (non-hydrogen) atoms. The molecule has 10 N–H and O–H groups in total. The van der Waals surface area contributed by atoms with Crippen molar-refractivity contribution in [3.8, 4) is 28.7 Å². The number of carbonyl (C=O) groups excluding carboxylic acids is 1. The number of esters is 1. The summed E-state index contributed by atoms with van der Waals surface area (Å²) in [5, 5.41) is 105. The highest BCUT2D eigenvalue weighted by Crippen LogP contribution is 2.39. The van der Waals surface area contributed by atoms with Crippen molar-refractivity contribution in [3.05, 3.63) is 41.5 Å². The number of aromatic hydroxyl groups is 4. The first kappa shape index (κ1) is 40.3. The van der Waals surface area contributed by atoms with Crippen molar-refractivity contribution < 1.29 is 84.3 Å². The van der Waals surface area contributed by atoms with Crippen molar-refractivity contribution in [2.24, 2.45) is 0 Å². The number of benzene rings is 2. The van der Waals surface area contributed by atoms with Crippen LogP contribution < -0.4 is 4.74 Å². The molecule has 17 heteroatoms. The molecule has 0 aliphatic carbocycles. The van der Waals surface area contributed by atoms with Gasteiger partial charge in [0.1, 0.15) is 84.4 Å². The summed E-state index contributed by atoms with van der Waals surface area (Å²) >= 11 is 0. The number of ether oxygens (including phenoxy) is 6. The van der Waals surface area contributed by atoms with Crippen molar-refractivity contribution in [1.82, 2.24) is 0 Å². The molecular formula is C34H48O17. The molecule has 0 spiro atoms. The monoisotopic (exact) mass is 728 g/mol. The second-order valence-corrected chi connectivity index (χ2v) is 12.9. The number of hydrogen-bond donors (Lipinski definition) is 10. The largest absolute Gasteiger partial charge is 0.508 e. The SMILES string of the molecule is CCC(C)OC1C(CO)OC(C(C)(CC)OC2C(CO)OC(OC(=O)c3c(O)cc(O)cc3OCc3ccc(O)c(O)c3)C(O)C2O)C(O)C1O. The van der Waals surface area contributed by atoms with Gasteiger partial charge in [-0.3, -0.25) is 0 Å². The van der Waals surface area contributed by atoms with Gasteiger partial charge in [-0.1, -0.05) is 19.9 Å². The summed E-state index contributed by atoms with van der Waals surface area (Å²) in [6.45, 7) is 5.11. The van der Waals surface area contributed by atoms with E-state index in [2.05, 4.69) is 0 Å². The van der Waals surface area contributed by atoms with Gasteiger partial charge in [0, 0.05) is 12.1 Å². The van der Waals surface area contributed by atoms with Crippen molar-refractivity contribution >= 4 is 5.97 Å². The van der Waals surface area contributed by atoms with Gasteiger partial charge in [-0.25, -0.2) is 4.79 Å². The minimum absolute atomic E-state index is 0.0963. The molecule has 2 heterocycles. The lowest BCUT2D eigenvalue weighted by Crippen LogP contribution is -2.68. The third kappa shape index (κ3) is 8.77. The van der Waals surface area contributed by atoms with E-state index in [-0.39, 0.29) is 30.6 Å². The Balaban J connectivity index is 1.51. The quantitative estimate of drug-likeness (QED) is 0.0898. The maximum atomic E-state index is 13.3. The fourth-order valence-corrected chi connectivity index (χ4v) is 5.97. The molecule has 2 aromatic carbocycles. The predicted octanol–water partition coefficient (Wildman–Crippen LogP) is -0.0971. The van der Waals surface area contributed by atoms with Crippen LogP contribution in [0.2, 0.25) is 0 Å². The zero-order valence-electron chi connectivity index (χ0n) is 28.6. The minimum Gasteiger partial charge on any atom is -0.508 e. The first-order valence-corrected chi connectivity index (χ1v) is 16.6. The number of phenolic OH excluding ortho intramolecular Hbond substituents is 4. The van der Waals surface area contributed by atoms with Crippen LogP contribution in [-0.2, 0) is 30.3 Å². The standard InChI is InChI=1S/C34H48O17/c1-5-15(3)47-29-22(12-35)48-31(27(43)25(29)41)34(4,6-2)51-30-23(13-36)49-33(28(44)26(30)42)50-32(45)24-20(40)10-17(37)11-21(24)46-14-16-7-8-18(38)19(39)9-16/h7-11,15,22-23,25-31,33,35-44H,5-6,12-14H2,1-4H3. The fourth-order valence-electron chi connectivity index (χ4n) is 5.97. The van der Waals surface area contributed by atoms with Crippen LogP contribution in [-0.4, -0.2) is 143 Å². The van der Waals surface area contributed by atoms with Gasteiger partial charge in [-0.2, -0.15) is 0 Å². The van der Waals surface area contributed by atoms with Crippen LogP contribution in [0.5, 0.6) is 28.7 Å². The number of aliphatic hydroxyl groups excluding tert-OH is 6. The van der Waals surface area contributed by atoms with Crippen LogP contribution in [0.3, 0.4) is 0 Å². The molecular weight excluding hydrogens is 680 g/mol. The number of hydrogen-bond acceptors (Lipinski definition) is 17. The van der Waals surface area contributed by atoms with Crippen molar-refractivity contribution in [2.45, 2.75) is 120 Å². The minimum atomic E-state index is -1.99. The molecule has 286 valence electrons. The van der Waals surface area contributed by atoms with E-state index in [0.717, 1.165) is 12.1 Å². The highest BCUT2D eigenvalue weighted by Gasteiger charge is 2.55. The molecule has 0 aromatic heterocycles. The van der Waals surface area contributed by atoms with E-state index >= 15 is 0 Å². The van der Waals surface area contributed by atoms with Crippen LogP contribution in [0.25, 0.3) is 0 Å². The lowest BCUT2D eigenvalue weighted by Gasteiger charge is -2.51. The second-order valence-electron chi connectivity index (χ2n) is 12.9. The summed E-state index contributed by atoms with van der Waals surface area (Å²) in [4.78, 5) is 13.3. The topological polar surface area (TPSA) is 275 Å². The Hall–Kier alpha value is -3.49. The van der Waals surface area contributed by atoms with Gasteiger partial charge in [-0.05, 0) is 44.4 Å². The lowest BCUT2D eigenvalue weighted by molar-refractivity contribution is -0.334. The Morgan fingerprint density at radius 2 is 1.49 bits per heavy atom. The van der Waals surface area contributed by atoms with Crippen LogP contribution in [0.4, 0.5) is 0 Å². The fraction of sp³-hybridized carbons (Fsp3) is 0.618. The highest BCUT2D eigenvalue weighted by molar-refractivity contribution is 5.96. The molecule has 0 saturated carbocycles. The molecule has 0 radical (unpaired) electrons. The molecule has 2 aliphatic heterocycles. The van der Waals surface area contributed by atoms with Crippen molar-refractivity contribution in [2.75, 3.05) is 13.2 Å². The van der Waals surface area contributed by atoms with Gasteiger partial charge >= 0.3 is 5.97 Å². The van der Waals surface area contributed by atoms with Crippen molar-refractivity contribution in [3.63, 3.8) is 0 Å². The Morgan fingerprint density at radius 1 is 0.843 bits per heavy atom. The first-order valence-electron chi connectivity index (χ1n) is 16.6. The van der Waals surface area contributed by atoms with Gasteiger partial charge in [0.15, 0.2) is 11.5 Å². The normalized spacial score (nSPS) is 31.4. The van der Waals surface area contributed by atoms with Gasteiger partial charge in [0.05, 0.1) is 24.9 Å². The molecule has 2 aliphatic rings. The number of carbonyl (C=O) groups is 1. The molecule has 17 nitrogen and oxygen atoms in total. The summed E-state index contributed by atoms with van der Waals surface area (Å²) in [5.41, 5.74) is -1.79. The zero-order valence-corrected chi connectivity index (χ0v) is 28.6. The summed E-state index contributed by atoms with van der Waals surface area (Å²) in [5.74, 6) is -3.78. The summed E-state index contributed by atoms with van der Waals surface area (Å²) in [6.07, 6.45) is -14.9. The lowest BCUT2D eigenvalue weighted by atomic mass is 9.83. The molecule has 2 saturated heterocycles. The summed E-state index contributed by atoms with van der Waals surface area (Å²) in [6, 6.07) is 5.62. The zero-order chi connectivity index (χ0) is 37.8. The van der Waals surface area contributed by atoms with Crippen LogP contribution in [0, 0.1) is 0 Å². The summed E-state index contributed by atoms with van der Waals surface area (Å²) < 4.78 is 34.6. The Bertz CT molecular complexity index is 1470. The molecule has 0 bridgehead atoms. The van der Waals surface area contributed by atoms with E-state index in [0.29, 0.717) is 12.0 Å². The molecule has 12 atom stereocenters. The smallest absolute Gasteiger partial charge is 0.348 e. The highest BCUT2D eigenvalue weighted by atomic mass is 16.7. The van der Waals surface area contributed by atoms with E-state index in [1.807, 2.05) is 6.92 Å². The Kier molecular flexibility index (Phi) is 13.3. The predicted molar refractivity (Wildman–Crippen MR) is 173 cm³/mol. The van der Waals surface area contributed by atoms with E-state index in [1.165, 1.54) is 25.1 Å². The van der Waals surface area contributed by atoms with Crippen molar-refractivity contribution in [1.29, 1.82) is 0 Å². The molecule has 2 fully saturated rings. The Morgan fingerprint density at radius 3 is 2.10 bits per heavy atom. The number of aliphatic hydroxyl groups is 6. The Labute approximate surface area is 293 Å². The third-order valence-electron chi connectivity index (χ3n) is 9.29. The number of phenols is 4. The third-order valence-corrected chi connectivity index (χ3v) is 9.29. The van der Waals surface area contributed by atoms with E-state index in [4.69, 9.17) is 28.4 Å². The average molecular weight is 729 g/mol.